The number of likely N-dealkylation sites (N-methyl/N-ethyl adjacent to an activating group) is 1. The molecule has 3 fully saturated rings. The molecule has 1 aromatic heterocycles. The van der Waals surface area contributed by atoms with E-state index in [2.05, 4.69) is 49.0 Å². The molecule has 3 aliphatic rings. The second-order valence-electron chi connectivity index (χ2n) is 11.0. The Morgan fingerprint density at radius 3 is 2.57 bits per heavy atom. The van der Waals surface area contributed by atoms with Crippen LogP contribution in [-0.4, -0.2) is 77.8 Å². The van der Waals surface area contributed by atoms with Crippen molar-refractivity contribution in [1.29, 1.82) is 0 Å². The van der Waals surface area contributed by atoms with Crippen LogP contribution in [0.25, 0.3) is 0 Å². The number of piperidine rings is 1. The quantitative estimate of drug-likeness (QED) is 0.538. The van der Waals surface area contributed by atoms with Crippen LogP contribution < -0.4 is 0 Å². The van der Waals surface area contributed by atoms with Gasteiger partial charge in [0.05, 0.1) is 6.04 Å². The molecular weight excluding hydrogens is 402 g/mol. The highest BCUT2D eigenvalue weighted by molar-refractivity contribution is 6.74. The first-order valence-corrected chi connectivity index (χ1v) is 13.7. The smallest absolute Gasteiger partial charge is 0.344 e. The first kappa shape index (κ1) is 21.7. The van der Waals surface area contributed by atoms with Gasteiger partial charge in [-0.05, 0) is 56.9 Å². The molecule has 2 amide bonds. The Balaban J connectivity index is 1.59. The van der Waals surface area contributed by atoms with Crippen LogP contribution in [0.2, 0.25) is 18.1 Å². The van der Waals surface area contributed by atoms with E-state index in [0.29, 0.717) is 24.9 Å². The van der Waals surface area contributed by atoms with E-state index in [1.165, 1.54) is 0 Å². The Labute approximate surface area is 179 Å². The third kappa shape index (κ3) is 3.57. The number of carbonyl (C=O) groups is 1. The van der Waals surface area contributed by atoms with E-state index < -0.39 is 8.32 Å². The molecule has 3 heterocycles. The Hall–Kier alpha value is -1.49. The molecule has 1 N–H and O–H groups in total. The van der Waals surface area contributed by atoms with Crippen LogP contribution in [0.15, 0.2) is 4.42 Å². The largest absolute Gasteiger partial charge is 0.420 e. The van der Waals surface area contributed by atoms with Crippen molar-refractivity contribution in [3.63, 3.8) is 0 Å². The van der Waals surface area contributed by atoms with E-state index in [-0.39, 0.29) is 34.7 Å². The molecule has 1 aromatic rings. The number of nitrogens with zero attached hydrogens (tertiary/aromatic N) is 5. The zero-order valence-electron chi connectivity index (χ0n) is 19.2. The van der Waals surface area contributed by atoms with Crippen molar-refractivity contribution in [1.82, 2.24) is 25.1 Å². The van der Waals surface area contributed by atoms with Crippen LogP contribution >= 0.6 is 0 Å². The number of amides is 2. The molecule has 2 bridgehead atoms. The van der Waals surface area contributed by atoms with Gasteiger partial charge in [-0.2, -0.15) is 0 Å². The summed E-state index contributed by atoms with van der Waals surface area (Å²) < 4.78 is 12.8. The van der Waals surface area contributed by atoms with Gasteiger partial charge in [-0.1, -0.05) is 20.8 Å². The van der Waals surface area contributed by atoms with Gasteiger partial charge < -0.3 is 18.6 Å². The van der Waals surface area contributed by atoms with Crippen molar-refractivity contribution in [2.75, 3.05) is 27.2 Å². The molecule has 0 radical (unpaired) electrons. The molecule has 1 aliphatic carbocycles. The molecule has 168 valence electrons. The van der Waals surface area contributed by atoms with Crippen LogP contribution in [0.1, 0.15) is 64.0 Å². The number of hydrogen-bond acceptors (Lipinski definition) is 7. The summed E-state index contributed by atoms with van der Waals surface area (Å²) in [7, 11) is 1.94. The highest BCUT2D eigenvalue weighted by Gasteiger charge is 2.63. The van der Waals surface area contributed by atoms with Gasteiger partial charge in [0.15, 0.2) is 8.32 Å². The highest BCUT2D eigenvalue weighted by Crippen LogP contribution is 2.61. The lowest BCUT2D eigenvalue weighted by Crippen LogP contribution is -2.43. The van der Waals surface area contributed by atoms with E-state index in [9.17, 15) is 10.0 Å². The minimum Gasteiger partial charge on any atom is -0.420 e. The molecular formula is C20H35N5O4Si. The molecule has 2 aliphatic heterocycles. The zero-order valence-corrected chi connectivity index (χ0v) is 20.2. The summed E-state index contributed by atoms with van der Waals surface area (Å²) in [5.74, 6) is 0.906. The molecule has 4 rings (SSSR count). The monoisotopic (exact) mass is 437 g/mol. The third-order valence-corrected chi connectivity index (χ3v) is 12.0. The Morgan fingerprint density at radius 1 is 1.33 bits per heavy atom. The number of carbonyl (C=O) groups excluding carboxylic acids is 1. The topological polar surface area (TPSA) is 95.2 Å². The molecule has 1 saturated carbocycles. The van der Waals surface area contributed by atoms with Crippen molar-refractivity contribution >= 4 is 14.3 Å². The zero-order chi connectivity index (χ0) is 22.1. The van der Waals surface area contributed by atoms with Crippen LogP contribution in [0.5, 0.6) is 0 Å². The average Bonchev–Trinajstić information content (AvgIpc) is 3.11. The summed E-state index contributed by atoms with van der Waals surface area (Å²) in [6.07, 6.45) is 2.47. The third-order valence-electron chi connectivity index (χ3n) is 7.47. The lowest BCUT2D eigenvalue weighted by Gasteiger charge is -2.39. The molecule has 1 spiro atoms. The van der Waals surface area contributed by atoms with Crippen LogP contribution in [0.3, 0.4) is 0 Å². The van der Waals surface area contributed by atoms with Gasteiger partial charge in [-0.3, -0.25) is 5.21 Å². The normalized spacial score (nSPS) is 26.8. The number of rotatable bonds is 6. The minimum atomic E-state index is -2.05. The summed E-state index contributed by atoms with van der Waals surface area (Å²) in [5.41, 5.74) is -0.0165. The summed E-state index contributed by atoms with van der Waals surface area (Å²) in [6, 6.07) is -0.773. The van der Waals surface area contributed by atoms with Crippen molar-refractivity contribution < 1.29 is 18.8 Å². The van der Waals surface area contributed by atoms with Crippen molar-refractivity contribution in [2.24, 2.45) is 5.41 Å². The lowest BCUT2D eigenvalue weighted by molar-refractivity contribution is -0.0783. The molecule has 3 atom stereocenters. The maximum Gasteiger partial charge on any atom is 0.344 e. The summed E-state index contributed by atoms with van der Waals surface area (Å²) in [6.45, 7) is 12.2. The van der Waals surface area contributed by atoms with Gasteiger partial charge in [-0.15, -0.1) is 10.2 Å². The van der Waals surface area contributed by atoms with Crippen molar-refractivity contribution in [2.45, 2.75) is 76.4 Å². The predicted molar refractivity (Wildman–Crippen MR) is 112 cm³/mol. The molecule has 2 saturated heterocycles. The average molecular weight is 438 g/mol. The Kier molecular flexibility index (Phi) is 5.08. The highest BCUT2D eigenvalue weighted by atomic mass is 28.4. The molecule has 1 unspecified atom stereocenters. The fourth-order valence-corrected chi connectivity index (χ4v) is 5.65. The van der Waals surface area contributed by atoms with Crippen molar-refractivity contribution in [3.8, 4) is 0 Å². The first-order valence-electron chi connectivity index (χ1n) is 10.8. The fourth-order valence-electron chi connectivity index (χ4n) is 4.41. The first-order chi connectivity index (χ1) is 13.8. The van der Waals surface area contributed by atoms with Crippen LogP contribution in [-0.2, 0) is 4.43 Å². The van der Waals surface area contributed by atoms with Crippen molar-refractivity contribution in [3.05, 3.63) is 11.8 Å². The molecule has 9 nitrogen and oxygen atoms in total. The van der Waals surface area contributed by atoms with Gasteiger partial charge in [-0.25, -0.2) is 9.86 Å². The van der Waals surface area contributed by atoms with E-state index in [0.717, 1.165) is 24.3 Å². The lowest BCUT2D eigenvalue weighted by atomic mass is 9.85. The summed E-state index contributed by atoms with van der Waals surface area (Å²) >= 11 is 0. The SMILES string of the molecule is CN(C)CC(O[Si](C)(C)C(C)(C)C)c1nnc([C@@H]2CC3(CC3)[C@@H]3CN2C(=O)N3O)o1. The number of fused-ring (bicyclic) bond motifs is 3. The van der Waals surface area contributed by atoms with Gasteiger partial charge >= 0.3 is 6.03 Å². The number of hydroxylamine groups is 2. The molecule has 10 heteroatoms. The van der Waals surface area contributed by atoms with E-state index >= 15 is 0 Å². The van der Waals surface area contributed by atoms with E-state index in [4.69, 9.17) is 8.84 Å². The predicted octanol–water partition coefficient (Wildman–Crippen LogP) is 3.41. The summed E-state index contributed by atoms with van der Waals surface area (Å²) in [4.78, 5) is 16.3. The standard InChI is InChI=1S/C20H35N5O4Si/c1-19(2,3)30(6,7)29-14(11-23(4)5)17-22-21-16(28-17)13-10-20(8-9-20)15-12-24(13)18(26)25(15)27/h13-15,27H,8-12H2,1-7H3/t13-,14?,15-/m0/s1. The van der Waals surface area contributed by atoms with E-state index in [1.54, 1.807) is 4.90 Å². The summed E-state index contributed by atoms with van der Waals surface area (Å²) in [5, 5.41) is 19.9. The second kappa shape index (κ2) is 7.01. The van der Waals surface area contributed by atoms with Crippen LogP contribution in [0.4, 0.5) is 4.79 Å². The maximum absolute atomic E-state index is 12.6. The number of urea groups is 1. The van der Waals surface area contributed by atoms with Gasteiger partial charge in [0, 0.05) is 13.1 Å². The van der Waals surface area contributed by atoms with E-state index in [1.807, 2.05) is 14.1 Å². The number of hydrogen-bond donors (Lipinski definition) is 1. The van der Waals surface area contributed by atoms with Gasteiger partial charge in [0.2, 0.25) is 11.8 Å². The maximum atomic E-state index is 12.6. The Morgan fingerprint density at radius 2 is 2.00 bits per heavy atom. The second-order valence-corrected chi connectivity index (χ2v) is 15.7. The molecule has 30 heavy (non-hydrogen) atoms. The van der Waals surface area contributed by atoms with Gasteiger partial charge in [0.25, 0.3) is 0 Å². The minimum absolute atomic E-state index is 0.0165. The fraction of sp³-hybridized carbons (Fsp3) is 0.850. The molecule has 0 aromatic carbocycles. The number of aromatic nitrogens is 2. The Bertz CT molecular complexity index is 816. The van der Waals surface area contributed by atoms with Crippen LogP contribution in [0, 0.1) is 5.41 Å². The van der Waals surface area contributed by atoms with Gasteiger partial charge in [0.1, 0.15) is 12.1 Å².